The van der Waals surface area contributed by atoms with Gasteiger partial charge in [-0.15, -0.1) is 0 Å². The molecule has 1 aliphatic rings. The third-order valence-corrected chi connectivity index (χ3v) is 2.92. The van der Waals surface area contributed by atoms with Crippen molar-refractivity contribution in [1.82, 2.24) is 4.90 Å². The Hall–Kier alpha value is -1.38. The van der Waals surface area contributed by atoms with Crippen molar-refractivity contribution in [3.8, 4) is 0 Å². The monoisotopic (exact) mass is 207 g/mol. The third kappa shape index (κ3) is 1.87. The number of carbonyl (C=O) groups excluding carboxylic acids is 1. The van der Waals surface area contributed by atoms with Crippen molar-refractivity contribution in [2.75, 3.05) is 6.54 Å². The molecule has 2 rings (SSSR count). The molecule has 1 aromatic rings. The molecule has 1 aromatic carbocycles. The number of likely N-dealkylation sites (tertiary alicyclic amines) is 1. The minimum atomic E-state index is -0.429. The van der Waals surface area contributed by atoms with E-state index in [2.05, 4.69) is 0 Å². The second-order valence-corrected chi connectivity index (χ2v) is 3.97. The quantitative estimate of drug-likeness (QED) is 0.692. The lowest BCUT2D eigenvalue weighted by atomic mass is 10.1. The molecular weight excluding hydrogens is 193 g/mol. The Labute approximate surface area is 88.7 Å². The maximum Gasteiger partial charge on any atom is 0.257 e. The number of hydrogen-bond acceptors (Lipinski definition) is 1. The van der Waals surface area contributed by atoms with Crippen LogP contribution in [0.25, 0.3) is 0 Å². The highest BCUT2D eigenvalue weighted by atomic mass is 19.1. The van der Waals surface area contributed by atoms with Gasteiger partial charge in [0.2, 0.25) is 0 Å². The number of hydrogen-bond donors (Lipinski definition) is 0. The second-order valence-electron chi connectivity index (χ2n) is 3.97. The fourth-order valence-electron chi connectivity index (χ4n) is 2.02. The lowest BCUT2D eigenvalue weighted by molar-refractivity contribution is 0.0743. The molecule has 0 bridgehead atoms. The van der Waals surface area contributed by atoms with Gasteiger partial charge in [0.15, 0.2) is 0 Å². The number of halogens is 1. The van der Waals surface area contributed by atoms with Gasteiger partial charge in [-0.05, 0) is 31.9 Å². The van der Waals surface area contributed by atoms with Gasteiger partial charge in [-0.1, -0.05) is 12.1 Å². The highest BCUT2D eigenvalue weighted by Crippen LogP contribution is 2.20. The summed E-state index contributed by atoms with van der Waals surface area (Å²) >= 11 is 0. The van der Waals surface area contributed by atoms with Crippen LogP contribution >= 0.6 is 0 Å². The summed E-state index contributed by atoms with van der Waals surface area (Å²) in [6, 6.07) is 6.39. The Balaban J connectivity index is 2.24. The van der Waals surface area contributed by atoms with E-state index in [0.717, 1.165) is 19.4 Å². The summed E-state index contributed by atoms with van der Waals surface area (Å²) in [7, 11) is 0. The van der Waals surface area contributed by atoms with Crippen molar-refractivity contribution in [3.05, 3.63) is 35.6 Å². The van der Waals surface area contributed by atoms with Crippen LogP contribution in [-0.4, -0.2) is 23.4 Å². The number of nitrogens with zero attached hydrogens (tertiary/aromatic N) is 1. The molecule has 1 saturated heterocycles. The van der Waals surface area contributed by atoms with E-state index in [0.29, 0.717) is 0 Å². The average molecular weight is 207 g/mol. The Morgan fingerprint density at radius 1 is 1.47 bits per heavy atom. The van der Waals surface area contributed by atoms with Crippen LogP contribution in [0.2, 0.25) is 0 Å². The maximum absolute atomic E-state index is 13.4. The molecule has 0 aromatic heterocycles. The van der Waals surface area contributed by atoms with Gasteiger partial charge in [0.1, 0.15) is 5.82 Å². The predicted molar refractivity (Wildman–Crippen MR) is 56.1 cm³/mol. The van der Waals surface area contributed by atoms with Crippen LogP contribution < -0.4 is 0 Å². The number of benzene rings is 1. The number of carbonyl (C=O) groups is 1. The van der Waals surface area contributed by atoms with Crippen molar-refractivity contribution >= 4 is 5.91 Å². The molecule has 0 saturated carbocycles. The largest absolute Gasteiger partial charge is 0.336 e. The van der Waals surface area contributed by atoms with Crippen molar-refractivity contribution in [3.63, 3.8) is 0 Å². The molecule has 15 heavy (non-hydrogen) atoms. The maximum atomic E-state index is 13.4. The van der Waals surface area contributed by atoms with E-state index in [-0.39, 0.29) is 17.5 Å². The fraction of sp³-hybridized carbons (Fsp3) is 0.417. The zero-order valence-electron chi connectivity index (χ0n) is 8.74. The van der Waals surface area contributed by atoms with Crippen LogP contribution in [0.1, 0.15) is 30.1 Å². The van der Waals surface area contributed by atoms with Crippen molar-refractivity contribution in [1.29, 1.82) is 0 Å². The lowest BCUT2D eigenvalue weighted by Gasteiger charge is -2.21. The first-order valence-corrected chi connectivity index (χ1v) is 5.25. The zero-order valence-corrected chi connectivity index (χ0v) is 8.74. The van der Waals surface area contributed by atoms with Crippen molar-refractivity contribution in [2.24, 2.45) is 0 Å². The summed E-state index contributed by atoms with van der Waals surface area (Å²) in [5, 5.41) is 0. The van der Waals surface area contributed by atoms with Gasteiger partial charge in [-0.2, -0.15) is 0 Å². The van der Waals surface area contributed by atoms with Gasteiger partial charge >= 0.3 is 0 Å². The van der Waals surface area contributed by atoms with Crippen LogP contribution in [0.3, 0.4) is 0 Å². The van der Waals surface area contributed by atoms with Crippen LogP contribution in [0.15, 0.2) is 24.3 Å². The molecule has 1 unspecified atom stereocenters. The van der Waals surface area contributed by atoms with E-state index in [1.54, 1.807) is 23.1 Å². The highest BCUT2D eigenvalue weighted by molar-refractivity contribution is 5.94. The number of rotatable bonds is 1. The van der Waals surface area contributed by atoms with Gasteiger partial charge in [0.25, 0.3) is 5.91 Å². The zero-order chi connectivity index (χ0) is 10.8. The van der Waals surface area contributed by atoms with Crippen molar-refractivity contribution < 1.29 is 9.18 Å². The van der Waals surface area contributed by atoms with E-state index in [9.17, 15) is 9.18 Å². The Bertz CT molecular complexity index is 378. The molecule has 0 spiro atoms. The Morgan fingerprint density at radius 3 is 2.80 bits per heavy atom. The normalized spacial score (nSPS) is 20.7. The van der Waals surface area contributed by atoms with E-state index in [1.165, 1.54) is 6.07 Å². The first-order chi connectivity index (χ1) is 7.20. The molecule has 1 aliphatic heterocycles. The molecule has 1 amide bonds. The van der Waals surface area contributed by atoms with Crippen LogP contribution in [-0.2, 0) is 0 Å². The average Bonchev–Trinajstić information content (AvgIpc) is 2.64. The SMILES string of the molecule is CC1CCCN1C(=O)c1ccccc1F. The van der Waals surface area contributed by atoms with E-state index in [1.807, 2.05) is 6.92 Å². The molecule has 3 heteroatoms. The van der Waals surface area contributed by atoms with Crippen LogP contribution in [0.4, 0.5) is 4.39 Å². The molecule has 0 aliphatic carbocycles. The summed E-state index contributed by atoms with van der Waals surface area (Å²) in [5.41, 5.74) is 0.186. The Morgan fingerprint density at radius 2 is 2.20 bits per heavy atom. The molecular formula is C12H14FNO. The molecule has 1 heterocycles. The minimum absolute atomic E-state index is 0.182. The molecule has 0 N–H and O–H groups in total. The summed E-state index contributed by atoms with van der Waals surface area (Å²) < 4.78 is 13.4. The summed E-state index contributed by atoms with van der Waals surface area (Å²) in [6.45, 7) is 2.75. The smallest absolute Gasteiger partial charge is 0.257 e. The fourth-order valence-corrected chi connectivity index (χ4v) is 2.02. The predicted octanol–water partition coefficient (Wildman–Crippen LogP) is 2.45. The van der Waals surface area contributed by atoms with Crippen LogP contribution in [0.5, 0.6) is 0 Å². The Kier molecular flexibility index (Phi) is 2.71. The molecule has 2 nitrogen and oxygen atoms in total. The summed E-state index contributed by atoms with van der Waals surface area (Å²) in [4.78, 5) is 13.7. The molecule has 80 valence electrons. The van der Waals surface area contributed by atoms with Gasteiger partial charge in [0, 0.05) is 12.6 Å². The van der Waals surface area contributed by atoms with E-state index in [4.69, 9.17) is 0 Å². The first kappa shape index (κ1) is 10.1. The van der Waals surface area contributed by atoms with Gasteiger partial charge < -0.3 is 4.90 Å². The minimum Gasteiger partial charge on any atom is -0.336 e. The third-order valence-electron chi connectivity index (χ3n) is 2.92. The summed E-state index contributed by atoms with van der Waals surface area (Å²) in [5.74, 6) is -0.611. The van der Waals surface area contributed by atoms with Crippen LogP contribution in [0, 0.1) is 5.82 Å². The van der Waals surface area contributed by atoms with E-state index >= 15 is 0 Å². The summed E-state index contributed by atoms with van der Waals surface area (Å²) in [6.07, 6.45) is 2.03. The molecule has 1 fully saturated rings. The van der Waals surface area contributed by atoms with Gasteiger partial charge in [0.05, 0.1) is 5.56 Å². The molecule has 0 radical (unpaired) electrons. The van der Waals surface area contributed by atoms with Gasteiger partial charge in [-0.25, -0.2) is 4.39 Å². The second kappa shape index (κ2) is 4.01. The standard InChI is InChI=1S/C12H14FNO/c1-9-5-4-8-14(9)12(15)10-6-2-3-7-11(10)13/h2-3,6-7,9H,4-5,8H2,1H3. The molecule has 1 atom stereocenters. The van der Waals surface area contributed by atoms with Gasteiger partial charge in [-0.3, -0.25) is 4.79 Å². The van der Waals surface area contributed by atoms with Crippen molar-refractivity contribution in [2.45, 2.75) is 25.8 Å². The lowest BCUT2D eigenvalue weighted by Crippen LogP contribution is -2.34. The van der Waals surface area contributed by atoms with E-state index < -0.39 is 5.82 Å². The topological polar surface area (TPSA) is 20.3 Å². The first-order valence-electron chi connectivity index (χ1n) is 5.25. The number of amides is 1. The highest BCUT2D eigenvalue weighted by Gasteiger charge is 2.27.